The van der Waals surface area contributed by atoms with E-state index in [1.165, 1.54) is 4.88 Å². The topological polar surface area (TPSA) is 65.1 Å². The van der Waals surface area contributed by atoms with Crippen molar-refractivity contribution >= 4 is 41.3 Å². The van der Waals surface area contributed by atoms with Crippen molar-refractivity contribution < 1.29 is 0 Å². The first-order valence-corrected chi connectivity index (χ1v) is 8.29. The number of aromatic nitrogens is 2. The van der Waals surface area contributed by atoms with Crippen LogP contribution in [-0.2, 0) is 13.1 Å². The predicted molar refractivity (Wildman–Crippen MR) is 111 cm³/mol. The number of thiophene rings is 1. The lowest BCUT2D eigenvalue weighted by atomic mass is 10.2. The van der Waals surface area contributed by atoms with Gasteiger partial charge in [0.05, 0.1) is 25.0 Å². The van der Waals surface area contributed by atoms with Crippen molar-refractivity contribution in [1.82, 2.24) is 20.6 Å². The molecule has 0 spiro atoms. The van der Waals surface area contributed by atoms with E-state index in [4.69, 9.17) is 0 Å². The molecular weight excluding hydrogens is 433 g/mol. The molecule has 3 rings (SSSR count). The standard InChI is InChI=1S/C17H19N5S.HI/c1-18-17(20-10-14-8-5-9-23-14)21-12-16-19-11-15(22-16)13-6-3-2-4-7-13;/h2-9,11H,10,12H2,1H3,(H,19,22)(H2,18,20,21);1H. The highest BCUT2D eigenvalue weighted by Crippen LogP contribution is 2.15. The summed E-state index contributed by atoms with van der Waals surface area (Å²) in [5.74, 6) is 1.64. The summed E-state index contributed by atoms with van der Waals surface area (Å²) < 4.78 is 0. The first-order valence-electron chi connectivity index (χ1n) is 7.41. The number of nitrogens with one attached hydrogen (secondary N) is 3. The Morgan fingerprint density at radius 1 is 1.12 bits per heavy atom. The Balaban J connectivity index is 0.00000208. The van der Waals surface area contributed by atoms with Crippen molar-refractivity contribution in [2.75, 3.05) is 7.05 Å². The van der Waals surface area contributed by atoms with Crippen LogP contribution in [0.25, 0.3) is 11.3 Å². The van der Waals surface area contributed by atoms with Crippen molar-refractivity contribution in [3.05, 3.63) is 64.7 Å². The number of aliphatic imine (C=N–C) groups is 1. The number of H-pyrrole nitrogens is 1. The molecule has 0 aliphatic rings. The number of hydrogen-bond donors (Lipinski definition) is 3. The maximum atomic E-state index is 4.41. The van der Waals surface area contributed by atoms with E-state index in [0.717, 1.165) is 29.6 Å². The van der Waals surface area contributed by atoms with E-state index in [1.54, 1.807) is 18.4 Å². The third kappa shape index (κ3) is 5.07. The Labute approximate surface area is 162 Å². The zero-order valence-corrected chi connectivity index (χ0v) is 16.5. The molecule has 3 aromatic rings. The van der Waals surface area contributed by atoms with Gasteiger partial charge in [-0.25, -0.2) is 4.98 Å². The molecule has 2 heterocycles. The van der Waals surface area contributed by atoms with E-state index in [9.17, 15) is 0 Å². The number of halogens is 1. The monoisotopic (exact) mass is 453 g/mol. The third-order valence-corrected chi connectivity index (χ3v) is 4.25. The summed E-state index contributed by atoms with van der Waals surface area (Å²) in [7, 11) is 1.77. The molecule has 2 aromatic heterocycles. The van der Waals surface area contributed by atoms with E-state index < -0.39 is 0 Å². The van der Waals surface area contributed by atoms with Crippen molar-refractivity contribution in [3.63, 3.8) is 0 Å². The SMILES string of the molecule is CN=C(NCc1ncc(-c2ccccc2)[nH]1)NCc1cccs1.I. The van der Waals surface area contributed by atoms with Gasteiger partial charge in [-0.05, 0) is 17.0 Å². The van der Waals surface area contributed by atoms with E-state index in [-0.39, 0.29) is 24.0 Å². The van der Waals surface area contributed by atoms with E-state index in [0.29, 0.717) is 6.54 Å². The van der Waals surface area contributed by atoms with E-state index >= 15 is 0 Å². The summed E-state index contributed by atoms with van der Waals surface area (Å²) in [5, 5.41) is 8.62. The molecule has 0 saturated carbocycles. The summed E-state index contributed by atoms with van der Waals surface area (Å²) in [6, 6.07) is 14.3. The lowest BCUT2D eigenvalue weighted by Crippen LogP contribution is -2.36. The molecule has 0 aliphatic heterocycles. The fraction of sp³-hybridized carbons (Fsp3) is 0.176. The first-order chi connectivity index (χ1) is 11.3. The van der Waals surface area contributed by atoms with Gasteiger partial charge >= 0.3 is 0 Å². The van der Waals surface area contributed by atoms with Gasteiger partial charge in [0.15, 0.2) is 5.96 Å². The predicted octanol–water partition coefficient (Wildman–Crippen LogP) is 3.62. The smallest absolute Gasteiger partial charge is 0.191 e. The van der Waals surface area contributed by atoms with Crippen LogP contribution in [0, 0.1) is 0 Å². The van der Waals surface area contributed by atoms with Crippen molar-refractivity contribution in [3.8, 4) is 11.3 Å². The van der Waals surface area contributed by atoms with Gasteiger partial charge in [-0.15, -0.1) is 35.3 Å². The van der Waals surface area contributed by atoms with Gasteiger partial charge in [0, 0.05) is 11.9 Å². The molecule has 0 atom stereocenters. The average molecular weight is 453 g/mol. The van der Waals surface area contributed by atoms with Crippen molar-refractivity contribution in [2.24, 2.45) is 4.99 Å². The number of guanidine groups is 1. The minimum atomic E-state index is 0. The van der Waals surface area contributed by atoms with Crippen LogP contribution in [0.15, 0.2) is 59.0 Å². The highest BCUT2D eigenvalue weighted by molar-refractivity contribution is 14.0. The van der Waals surface area contributed by atoms with Gasteiger partial charge in [0.1, 0.15) is 5.82 Å². The summed E-state index contributed by atoms with van der Waals surface area (Å²) in [6.07, 6.45) is 1.86. The zero-order valence-electron chi connectivity index (χ0n) is 13.3. The van der Waals surface area contributed by atoms with Crippen molar-refractivity contribution in [1.29, 1.82) is 0 Å². The molecule has 0 amide bonds. The van der Waals surface area contributed by atoms with Gasteiger partial charge in [0.2, 0.25) is 0 Å². The number of imidazole rings is 1. The van der Waals surface area contributed by atoms with Gasteiger partial charge in [0.25, 0.3) is 0 Å². The van der Waals surface area contributed by atoms with Gasteiger partial charge in [-0.3, -0.25) is 4.99 Å². The second-order valence-corrected chi connectivity index (χ2v) is 6.00. The Morgan fingerprint density at radius 3 is 2.62 bits per heavy atom. The fourth-order valence-electron chi connectivity index (χ4n) is 2.19. The second kappa shape index (κ2) is 9.43. The van der Waals surface area contributed by atoms with E-state index in [1.807, 2.05) is 30.5 Å². The first kappa shape index (κ1) is 18.5. The molecular formula is C17H20IN5S. The molecule has 0 unspecified atom stereocenters. The normalized spacial score (nSPS) is 11.0. The minimum Gasteiger partial charge on any atom is -0.352 e. The molecule has 0 fully saturated rings. The highest BCUT2D eigenvalue weighted by atomic mass is 127. The Hall–Kier alpha value is -1.87. The van der Waals surface area contributed by atoms with Crippen LogP contribution in [0.1, 0.15) is 10.7 Å². The van der Waals surface area contributed by atoms with Crippen LogP contribution in [0.5, 0.6) is 0 Å². The molecule has 0 radical (unpaired) electrons. The number of hydrogen-bond acceptors (Lipinski definition) is 3. The molecule has 1 aromatic carbocycles. The molecule has 7 heteroatoms. The van der Waals surface area contributed by atoms with Crippen LogP contribution < -0.4 is 10.6 Å². The van der Waals surface area contributed by atoms with Crippen LogP contribution >= 0.6 is 35.3 Å². The van der Waals surface area contributed by atoms with E-state index in [2.05, 4.69) is 49.2 Å². The number of benzene rings is 1. The summed E-state index contributed by atoms with van der Waals surface area (Å²) >= 11 is 1.73. The quantitative estimate of drug-likeness (QED) is 0.314. The largest absolute Gasteiger partial charge is 0.352 e. The fourth-order valence-corrected chi connectivity index (χ4v) is 2.83. The maximum Gasteiger partial charge on any atom is 0.191 e. The van der Waals surface area contributed by atoms with Crippen LogP contribution in [0.2, 0.25) is 0 Å². The average Bonchev–Trinajstić information content (AvgIpc) is 3.27. The highest BCUT2D eigenvalue weighted by Gasteiger charge is 2.04. The zero-order chi connectivity index (χ0) is 15.9. The van der Waals surface area contributed by atoms with Gasteiger partial charge < -0.3 is 15.6 Å². The summed E-state index contributed by atoms with van der Waals surface area (Å²) in [4.78, 5) is 13.2. The maximum absolute atomic E-state index is 4.41. The third-order valence-electron chi connectivity index (χ3n) is 3.37. The minimum absolute atomic E-state index is 0. The van der Waals surface area contributed by atoms with Crippen LogP contribution in [0.3, 0.4) is 0 Å². The van der Waals surface area contributed by atoms with Crippen molar-refractivity contribution in [2.45, 2.75) is 13.1 Å². The van der Waals surface area contributed by atoms with Crippen LogP contribution in [-0.4, -0.2) is 23.0 Å². The lowest BCUT2D eigenvalue weighted by Gasteiger charge is -2.09. The van der Waals surface area contributed by atoms with Crippen LogP contribution in [0.4, 0.5) is 0 Å². The molecule has 0 bridgehead atoms. The number of rotatable bonds is 5. The summed E-state index contributed by atoms with van der Waals surface area (Å²) in [5.41, 5.74) is 2.15. The lowest BCUT2D eigenvalue weighted by molar-refractivity contribution is 0.786. The molecule has 0 aliphatic carbocycles. The Bertz CT molecular complexity index is 752. The summed E-state index contributed by atoms with van der Waals surface area (Å²) in [6.45, 7) is 1.36. The Morgan fingerprint density at radius 2 is 1.92 bits per heavy atom. The number of aromatic amines is 1. The molecule has 5 nitrogen and oxygen atoms in total. The molecule has 24 heavy (non-hydrogen) atoms. The number of nitrogens with zero attached hydrogens (tertiary/aromatic N) is 2. The molecule has 0 saturated heterocycles. The Kier molecular flexibility index (Phi) is 7.26. The molecule has 3 N–H and O–H groups in total. The van der Waals surface area contributed by atoms with Gasteiger partial charge in [-0.2, -0.15) is 0 Å². The van der Waals surface area contributed by atoms with Gasteiger partial charge in [-0.1, -0.05) is 36.4 Å². The molecule has 126 valence electrons. The second-order valence-electron chi connectivity index (χ2n) is 4.97.